The van der Waals surface area contributed by atoms with Crippen LogP contribution in [0.1, 0.15) is 6.42 Å². The van der Waals surface area contributed by atoms with Gasteiger partial charge in [0.2, 0.25) is 10.0 Å². The number of hydrogen-bond acceptors (Lipinski definition) is 7. The fraction of sp³-hybridized carbons (Fsp3) is 0.400. The van der Waals surface area contributed by atoms with Crippen molar-refractivity contribution in [3.63, 3.8) is 0 Å². The monoisotopic (exact) mass is 337 g/mol. The molecule has 0 aliphatic heterocycles. The lowest BCUT2D eigenvalue weighted by atomic mass is 10.3. The highest BCUT2D eigenvalue weighted by Gasteiger charge is 2.20. The summed E-state index contributed by atoms with van der Waals surface area (Å²) in [4.78, 5) is 9.50. The number of nitro groups is 1. The van der Waals surface area contributed by atoms with Gasteiger partial charge in [0, 0.05) is 24.9 Å². The Bertz CT molecular complexity index is 742. The number of nitrogens with zero attached hydrogens (tertiary/aromatic N) is 1. The zero-order valence-electron chi connectivity index (χ0n) is 11.1. The minimum atomic E-state index is -4.04. The van der Waals surface area contributed by atoms with Crippen LogP contribution in [0.5, 0.6) is 0 Å². The van der Waals surface area contributed by atoms with Gasteiger partial charge < -0.3 is 5.73 Å². The molecule has 0 heterocycles. The molecular formula is C10H15N3O6S2. The molecular weight excluding hydrogens is 322 g/mol. The SMILES string of the molecule is CS(=O)(=O)CCCNS(=O)(=O)c1cc([N+](=O)[O-])ccc1N. The summed E-state index contributed by atoms with van der Waals surface area (Å²) in [6, 6.07) is 3.08. The number of sulfonamides is 1. The zero-order chi connectivity index (χ0) is 16.3. The molecule has 0 fully saturated rings. The van der Waals surface area contributed by atoms with Crippen LogP contribution in [0.25, 0.3) is 0 Å². The first-order valence-corrected chi connectivity index (χ1v) is 9.28. The lowest BCUT2D eigenvalue weighted by molar-refractivity contribution is -0.385. The largest absolute Gasteiger partial charge is 0.398 e. The molecule has 0 saturated carbocycles. The highest BCUT2D eigenvalue weighted by Crippen LogP contribution is 2.23. The Kier molecular flexibility index (Phi) is 5.25. The first-order valence-electron chi connectivity index (χ1n) is 5.74. The molecule has 0 aliphatic carbocycles. The summed E-state index contributed by atoms with van der Waals surface area (Å²) in [6.07, 6.45) is 1.13. The standard InChI is InChI=1S/C10H15N3O6S2/c1-20(16,17)6-2-5-12-21(18,19)10-7-8(13(14)15)3-4-9(10)11/h3-4,7,12H,2,5-6,11H2,1H3. The van der Waals surface area contributed by atoms with Crippen LogP contribution in [0.3, 0.4) is 0 Å². The Labute approximate surface area is 122 Å². The fourth-order valence-corrected chi connectivity index (χ4v) is 3.38. The van der Waals surface area contributed by atoms with E-state index in [1.807, 2.05) is 0 Å². The molecule has 0 saturated heterocycles. The van der Waals surface area contributed by atoms with Crippen LogP contribution in [-0.2, 0) is 19.9 Å². The van der Waals surface area contributed by atoms with Crippen LogP contribution >= 0.6 is 0 Å². The highest BCUT2D eigenvalue weighted by molar-refractivity contribution is 7.90. The average molecular weight is 337 g/mol. The molecule has 1 aromatic carbocycles. The molecule has 0 aliphatic rings. The third-order valence-corrected chi connectivity index (χ3v) is 5.03. The van der Waals surface area contributed by atoms with E-state index in [4.69, 9.17) is 5.73 Å². The van der Waals surface area contributed by atoms with Gasteiger partial charge in [-0.3, -0.25) is 10.1 Å². The van der Waals surface area contributed by atoms with E-state index in [9.17, 15) is 26.9 Å². The van der Waals surface area contributed by atoms with Crippen molar-refractivity contribution in [2.75, 3.05) is 24.3 Å². The van der Waals surface area contributed by atoms with Crippen molar-refractivity contribution in [2.24, 2.45) is 0 Å². The first kappa shape index (κ1) is 17.3. The van der Waals surface area contributed by atoms with Gasteiger partial charge in [-0.05, 0) is 12.5 Å². The Morgan fingerprint density at radius 2 is 1.90 bits per heavy atom. The number of rotatable bonds is 7. The van der Waals surface area contributed by atoms with E-state index < -0.39 is 35.4 Å². The second-order valence-electron chi connectivity index (χ2n) is 4.36. The molecule has 0 aromatic heterocycles. The third-order valence-electron chi connectivity index (χ3n) is 2.48. The van der Waals surface area contributed by atoms with E-state index in [-0.39, 0.29) is 24.4 Å². The van der Waals surface area contributed by atoms with E-state index in [1.165, 1.54) is 0 Å². The van der Waals surface area contributed by atoms with Gasteiger partial charge in [0.05, 0.1) is 16.4 Å². The number of non-ortho nitro benzene ring substituents is 1. The van der Waals surface area contributed by atoms with E-state index in [2.05, 4.69) is 4.72 Å². The predicted octanol–water partition coefficient (Wildman–Crippen LogP) is -0.110. The number of nitrogens with one attached hydrogen (secondary N) is 1. The molecule has 1 aromatic rings. The van der Waals surface area contributed by atoms with Crippen LogP contribution in [-0.4, -0.2) is 40.3 Å². The molecule has 21 heavy (non-hydrogen) atoms. The van der Waals surface area contributed by atoms with Crippen molar-refractivity contribution in [3.05, 3.63) is 28.3 Å². The molecule has 1 rings (SSSR count). The maximum Gasteiger partial charge on any atom is 0.270 e. The maximum absolute atomic E-state index is 12.0. The zero-order valence-corrected chi connectivity index (χ0v) is 12.8. The van der Waals surface area contributed by atoms with Crippen LogP contribution in [0.15, 0.2) is 23.1 Å². The van der Waals surface area contributed by atoms with Gasteiger partial charge >= 0.3 is 0 Å². The van der Waals surface area contributed by atoms with Gasteiger partial charge in [-0.25, -0.2) is 21.6 Å². The third kappa shape index (κ3) is 5.28. The van der Waals surface area contributed by atoms with E-state index in [0.29, 0.717) is 0 Å². The molecule has 118 valence electrons. The second kappa shape index (κ2) is 6.37. The smallest absolute Gasteiger partial charge is 0.270 e. The number of sulfone groups is 1. The van der Waals surface area contributed by atoms with Crippen LogP contribution < -0.4 is 10.5 Å². The van der Waals surface area contributed by atoms with Crippen LogP contribution in [0.4, 0.5) is 11.4 Å². The lowest BCUT2D eigenvalue weighted by Gasteiger charge is -2.08. The predicted molar refractivity (Wildman–Crippen MR) is 77.0 cm³/mol. The molecule has 0 unspecified atom stereocenters. The molecule has 3 N–H and O–H groups in total. The average Bonchev–Trinajstić information content (AvgIpc) is 2.33. The quantitative estimate of drug-likeness (QED) is 0.305. The van der Waals surface area contributed by atoms with Crippen molar-refractivity contribution in [3.8, 4) is 0 Å². The molecule has 0 bridgehead atoms. The van der Waals surface area contributed by atoms with E-state index in [0.717, 1.165) is 24.5 Å². The lowest BCUT2D eigenvalue weighted by Crippen LogP contribution is -2.27. The van der Waals surface area contributed by atoms with Crippen molar-refractivity contribution >= 4 is 31.2 Å². The summed E-state index contributed by atoms with van der Waals surface area (Å²) in [6.45, 7) is -0.114. The highest BCUT2D eigenvalue weighted by atomic mass is 32.2. The molecule has 11 heteroatoms. The summed E-state index contributed by atoms with van der Waals surface area (Å²) in [5.74, 6) is -0.167. The summed E-state index contributed by atoms with van der Waals surface area (Å²) in [7, 11) is -7.22. The van der Waals surface area contributed by atoms with Gasteiger partial charge in [0.1, 0.15) is 14.7 Å². The molecule has 9 nitrogen and oxygen atoms in total. The van der Waals surface area contributed by atoms with E-state index in [1.54, 1.807) is 0 Å². The molecule has 0 radical (unpaired) electrons. The Hall–Kier alpha value is -1.72. The van der Waals surface area contributed by atoms with Crippen molar-refractivity contribution < 1.29 is 21.8 Å². The summed E-state index contributed by atoms with van der Waals surface area (Å²) < 4.78 is 48.0. The molecule has 0 atom stereocenters. The van der Waals surface area contributed by atoms with Gasteiger partial charge in [-0.15, -0.1) is 0 Å². The van der Waals surface area contributed by atoms with E-state index >= 15 is 0 Å². The fourth-order valence-electron chi connectivity index (χ4n) is 1.49. The topological polar surface area (TPSA) is 149 Å². The number of anilines is 1. The Morgan fingerprint density at radius 3 is 2.43 bits per heavy atom. The van der Waals surface area contributed by atoms with Crippen molar-refractivity contribution in [1.29, 1.82) is 0 Å². The molecule has 0 amide bonds. The van der Waals surface area contributed by atoms with Crippen molar-refractivity contribution in [2.45, 2.75) is 11.3 Å². The Morgan fingerprint density at radius 1 is 1.29 bits per heavy atom. The maximum atomic E-state index is 12.0. The van der Waals surface area contributed by atoms with Gasteiger partial charge in [0.25, 0.3) is 5.69 Å². The minimum absolute atomic E-state index is 0.0902. The number of nitro benzene ring substituents is 1. The Balaban J connectivity index is 2.88. The summed E-state index contributed by atoms with van der Waals surface area (Å²) >= 11 is 0. The van der Waals surface area contributed by atoms with Crippen LogP contribution in [0.2, 0.25) is 0 Å². The number of nitrogen functional groups attached to an aromatic ring is 1. The normalized spacial score (nSPS) is 12.2. The van der Waals surface area contributed by atoms with Crippen molar-refractivity contribution in [1.82, 2.24) is 4.72 Å². The van der Waals surface area contributed by atoms with Crippen LogP contribution in [0, 0.1) is 10.1 Å². The summed E-state index contributed by atoms with van der Waals surface area (Å²) in [5, 5.41) is 10.6. The molecule has 0 spiro atoms. The number of benzene rings is 1. The first-order chi connectivity index (χ1) is 9.53. The summed E-state index contributed by atoms with van der Waals surface area (Å²) in [5.41, 5.74) is 4.98. The van der Waals surface area contributed by atoms with Gasteiger partial charge in [0.15, 0.2) is 0 Å². The van der Waals surface area contributed by atoms with Gasteiger partial charge in [-0.1, -0.05) is 0 Å². The second-order valence-corrected chi connectivity index (χ2v) is 8.36. The number of nitrogens with two attached hydrogens (primary N) is 1. The van der Waals surface area contributed by atoms with Gasteiger partial charge in [-0.2, -0.15) is 0 Å². The number of hydrogen-bond donors (Lipinski definition) is 2. The minimum Gasteiger partial charge on any atom is -0.398 e.